The third-order valence-electron chi connectivity index (χ3n) is 2.43. The lowest BCUT2D eigenvalue weighted by molar-refractivity contribution is 0.712. The summed E-state index contributed by atoms with van der Waals surface area (Å²) >= 11 is 3.56. The van der Waals surface area contributed by atoms with E-state index >= 15 is 0 Å². The lowest BCUT2D eigenvalue weighted by Crippen LogP contribution is -2.07. The molecule has 2 aromatic rings. The number of aryl methyl sites for hydroxylation is 2. The number of benzene rings is 1. The largest absolute Gasteiger partial charge is 0.377 e. The van der Waals surface area contributed by atoms with Crippen molar-refractivity contribution in [2.75, 3.05) is 5.32 Å². The van der Waals surface area contributed by atoms with Crippen molar-refractivity contribution in [1.29, 1.82) is 0 Å². The van der Waals surface area contributed by atoms with Crippen LogP contribution in [0.15, 0.2) is 29.0 Å². The van der Waals surface area contributed by atoms with Crippen molar-refractivity contribution >= 4 is 21.6 Å². The summed E-state index contributed by atoms with van der Waals surface area (Å²) < 4.78 is 2.86. The molecule has 0 aliphatic heterocycles. The maximum Gasteiger partial charge on any atom is 0.145 e. The topological polar surface area (TPSA) is 42.7 Å². The number of aromatic nitrogens is 3. The van der Waals surface area contributed by atoms with Crippen molar-refractivity contribution in [1.82, 2.24) is 14.8 Å². The Morgan fingerprint density at radius 1 is 1.44 bits per heavy atom. The second kappa shape index (κ2) is 4.65. The normalized spacial score (nSPS) is 10.4. The van der Waals surface area contributed by atoms with E-state index < -0.39 is 0 Å². The van der Waals surface area contributed by atoms with Gasteiger partial charge in [0.1, 0.15) is 12.2 Å². The molecule has 4 nitrogen and oxygen atoms in total. The summed E-state index contributed by atoms with van der Waals surface area (Å²) in [6.07, 6.45) is 1.56. The Balaban J connectivity index is 2.11. The van der Waals surface area contributed by atoms with Gasteiger partial charge < -0.3 is 5.32 Å². The predicted octanol–water partition coefficient (Wildman–Crippen LogP) is 2.50. The molecule has 5 heteroatoms. The highest BCUT2D eigenvalue weighted by molar-refractivity contribution is 9.10. The number of hydrogen-bond acceptors (Lipinski definition) is 3. The molecular weight excluding hydrogens is 268 g/mol. The summed E-state index contributed by atoms with van der Waals surface area (Å²) in [7, 11) is 1.88. The minimum atomic E-state index is 0.665. The second-order valence-electron chi connectivity index (χ2n) is 3.59. The fourth-order valence-electron chi connectivity index (χ4n) is 1.44. The minimum Gasteiger partial charge on any atom is -0.377 e. The van der Waals surface area contributed by atoms with Gasteiger partial charge in [0, 0.05) is 17.2 Å². The fraction of sp³-hybridized carbons (Fsp3) is 0.273. The number of nitrogens with one attached hydrogen (secondary N) is 1. The zero-order valence-corrected chi connectivity index (χ0v) is 10.8. The molecule has 0 saturated carbocycles. The van der Waals surface area contributed by atoms with Crippen LogP contribution in [0.1, 0.15) is 11.4 Å². The molecule has 1 heterocycles. The van der Waals surface area contributed by atoms with Gasteiger partial charge in [-0.05, 0) is 34.5 Å². The SMILES string of the molecule is Cc1cccc(NCc2ncnn2C)c1Br. The van der Waals surface area contributed by atoms with Gasteiger partial charge >= 0.3 is 0 Å². The molecule has 0 atom stereocenters. The van der Waals surface area contributed by atoms with E-state index in [9.17, 15) is 0 Å². The molecule has 84 valence electrons. The number of rotatable bonds is 3. The van der Waals surface area contributed by atoms with Gasteiger partial charge in [0.2, 0.25) is 0 Å². The van der Waals surface area contributed by atoms with E-state index in [0.717, 1.165) is 16.0 Å². The average Bonchev–Trinajstić information content (AvgIpc) is 2.67. The quantitative estimate of drug-likeness (QED) is 0.940. The van der Waals surface area contributed by atoms with Gasteiger partial charge in [-0.25, -0.2) is 4.98 Å². The molecule has 0 aliphatic rings. The Morgan fingerprint density at radius 2 is 2.25 bits per heavy atom. The lowest BCUT2D eigenvalue weighted by atomic mass is 10.2. The maximum atomic E-state index is 4.16. The van der Waals surface area contributed by atoms with Crippen LogP contribution in [0.3, 0.4) is 0 Å². The van der Waals surface area contributed by atoms with E-state index in [1.165, 1.54) is 5.56 Å². The number of anilines is 1. The first kappa shape index (κ1) is 11.1. The summed E-state index contributed by atoms with van der Waals surface area (Å²) in [5, 5.41) is 7.35. The molecule has 0 amide bonds. The van der Waals surface area contributed by atoms with Gasteiger partial charge in [0.05, 0.1) is 6.54 Å². The van der Waals surface area contributed by atoms with Crippen molar-refractivity contribution < 1.29 is 0 Å². The summed E-state index contributed by atoms with van der Waals surface area (Å²) in [4.78, 5) is 4.16. The van der Waals surface area contributed by atoms with Crippen LogP contribution in [-0.4, -0.2) is 14.8 Å². The Labute approximate surface area is 103 Å². The Hall–Kier alpha value is -1.36. The van der Waals surface area contributed by atoms with E-state index in [2.05, 4.69) is 44.3 Å². The van der Waals surface area contributed by atoms with E-state index in [0.29, 0.717) is 6.54 Å². The van der Waals surface area contributed by atoms with E-state index in [4.69, 9.17) is 0 Å². The molecule has 0 saturated heterocycles. The van der Waals surface area contributed by atoms with Crippen molar-refractivity contribution in [3.05, 3.63) is 40.4 Å². The molecule has 0 bridgehead atoms. The second-order valence-corrected chi connectivity index (χ2v) is 4.38. The van der Waals surface area contributed by atoms with Crippen LogP contribution < -0.4 is 5.32 Å². The van der Waals surface area contributed by atoms with Crippen LogP contribution in [0.25, 0.3) is 0 Å². The molecule has 0 fully saturated rings. The fourth-order valence-corrected chi connectivity index (χ4v) is 1.84. The highest BCUT2D eigenvalue weighted by Crippen LogP contribution is 2.25. The van der Waals surface area contributed by atoms with E-state index in [1.54, 1.807) is 11.0 Å². The highest BCUT2D eigenvalue weighted by atomic mass is 79.9. The number of halogens is 1. The molecule has 2 rings (SSSR count). The molecule has 1 aromatic carbocycles. The maximum absolute atomic E-state index is 4.16. The summed E-state index contributed by atoms with van der Waals surface area (Å²) in [5.41, 5.74) is 2.28. The Bertz CT molecular complexity index is 492. The van der Waals surface area contributed by atoms with Gasteiger partial charge in [-0.2, -0.15) is 5.10 Å². The number of nitrogens with zero attached hydrogens (tertiary/aromatic N) is 3. The molecule has 0 unspecified atom stereocenters. The standard InChI is InChI=1S/C11H13BrN4/c1-8-4-3-5-9(11(8)12)13-6-10-14-7-15-16(10)2/h3-5,7,13H,6H2,1-2H3. The molecular formula is C11H13BrN4. The van der Waals surface area contributed by atoms with Gasteiger partial charge in [0.15, 0.2) is 0 Å². The van der Waals surface area contributed by atoms with Gasteiger partial charge in [0.25, 0.3) is 0 Å². The summed E-state index contributed by atoms with van der Waals surface area (Å²) in [6, 6.07) is 6.13. The first-order valence-electron chi connectivity index (χ1n) is 5.00. The van der Waals surface area contributed by atoms with Gasteiger partial charge in [-0.1, -0.05) is 12.1 Å². The first-order chi connectivity index (χ1) is 7.68. The predicted molar refractivity (Wildman–Crippen MR) is 67.2 cm³/mol. The van der Waals surface area contributed by atoms with Crippen molar-refractivity contribution in [2.24, 2.45) is 7.05 Å². The van der Waals surface area contributed by atoms with Crippen molar-refractivity contribution in [3.8, 4) is 0 Å². The third kappa shape index (κ3) is 2.24. The minimum absolute atomic E-state index is 0.665. The van der Waals surface area contributed by atoms with Crippen LogP contribution >= 0.6 is 15.9 Å². The van der Waals surface area contributed by atoms with Crippen LogP contribution in [0.4, 0.5) is 5.69 Å². The molecule has 16 heavy (non-hydrogen) atoms. The molecule has 0 radical (unpaired) electrons. The molecule has 0 spiro atoms. The van der Waals surface area contributed by atoms with Gasteiger partial charge in [-0.3, -0.25) is 4.68 Å². The smallest absolute Gasteiger partial charge is 0.145 e. The Kier molecular flexibility index (Phi) is 3.24. The van der Waals surface area contributed by atoms with Crippen molar-refractivity contribution in [3.63, 3.8) is 0 Å². The van der Waals surface area contributed by atoms with Crippen LogP contribution in [0.2, 0.25) is 0 Å². The van der Waals surface area contributed by atoms with E-state index in [-0.39, 0.29) is 0 Å². The van der Waals surface area contributed by atoms with Gasteiger partial charge in [-0.15, -0.1) is 0 Å². The highest BCUT2D eigenvalue weighted by Gasteiger charge is 2.04. The zero-order valence-electron chi connectivity index (χ0n) is 9.24. The average molecular weight is 281 g/mol. The zero-order chi connectivity index (χ0) is 11.5. The lowest BCUT2D eigenvalue weighted by Gasteiger charge is -2.09. The van der Waals surface area contributed by atoms with Crippen LogP contribution in [-0.2, 0) is 13.6 Å². The first-order valence-corrected chi connectivity index (χ1v) is 5.79. The number of hydrogen-bond donors (Lipinski definition) is 1. The molecule has 0 aliphatic carbocycles. The Morgan fingerprint density at radius 3 is 2.94 bits per heavy atom. The van der Waals surface area contributed by atoms with Crippen LogP contribution in [0, 0.1) is 6.92 Å². The third-order valence-corrected chi connectivity index (χ3v) is 3.49. The summed E-state index contributed by atoms with van der Waals surface area (Å²) in [5.74, 6) is 0.911. The summed E-state index contributed by atoms with van der Waals surface area (Å²) in [6.45, 7) is 2.73. The van der Waals surface area contributed by atoms with Crippen LogP contribution in [0.5, 0.6) is 0 Å². The van der Waals surface area contributed by atoms with Crippen molar-refractivity contribution in [2.45, 2.75) is 13.5 Å². The molecule has 1 aromatic heterocycles. The van der Waals surface area contributed by atoms with E-state index in [1.807, 2.05) is 19.2 Å². The monoisotopic (exact) mass is 280 g/mol. The molecule has 1 N–H and O–H groups in total.